The van der Waals surface area contributed by atoms with E-state index in [-0.39, 0.29) is 17.9 Å². The first kappa shape index (κ1) is 13.7. The average molecular weight is 271 g/mol. The molecule has 2 aliphatic rings. The Kier molecular flexibility index (Phi) is 4.50. The highest BCUT2D eigenvalue weighted by atomic mass is 32.2. The fourth-order valence-electron chi connectivity index (χ4n) is 2.57. The molecule has 0 radical (unpaired) electrons. The molecule has 5 nitrogen and oxygen atoms in total. The molecule has 102 valence electrons. The zero-order valence-electron chi connectivity index (χ0n) is 11.0. The van der Waals surface area contributed by atoms with Crippen LogP contribution in [-0.2, 0) is 9.59 Å². The van der Waals surface area contributed by atoms with Gasteiger partial charge in [0, 0.05) is 25.8 Å². The summed E-state index contributed by atoms with van der Waals surface area (Å²) in [5, 5.41) is 3.30. The molecular weight excluding hydrogens is 250 g/mol. The molecule has 0 aromatic heterocycles. The second-order valence-electron chi connectivity index (χ2n) is 4.93. The van der Waals surface area contributed by atoms with Gasteiger partial charge in [0.15, 0.2) is 0 Å². The summed E-state index contributed by atoms with van der Waals surface area (Å²) < 4.78 is 0. The average Bonchev–Trinajstić information content (AvgIpc) is 2.87. The van der Waals surface area contributed by atoms with E-state index in [1.54, 1.807) is 16.7 Å². The van der Waals surface area contributed by atoms with Gasteiger partial charge in [0.05, 0.1) is 5.88 Å². The molecule has 2 amide bonds. The molecule has 1 atom stereocenters. The molecule has 2 saturated heterocycles. The van der Waals surface area contributed by atoms with Gasteiger partial charge in [-0.15, -0.1) is 11.8 Å². The van der Waals surface area contributed by atoms with E-state index in [9.17, 15) is 9.59 Å². The van der Waals surface area contributed by atoms with Crippen molar-refractivity contribution in [3.63, 3.8) is 0 Å². The Morgan fingerprint density at radius 3 is 2.61 bits per heavy atom. The molecule has 18 heavy (non-hydrogen) atoms. The Morgan fingerprint density at radius 2 is 2.00 bits per heavy atom. The zero-order chi connectivity index (χ0) is 13.1. The molecule has 0 aliphatic carbocycles. The van der Waals surface area contributed by atoms with Crippen molar-refractivity contribution in [1.82, 2.24) is 15.1 Å². The predicted molar refractivity (Wildman–Crippen MR) is 72.3 cm³/mol. The van der Waals surface area contributed by atoms with Gasteiger partial charge < -0.3 is 15.1 Å². The van der Waals surface area contributed by atoms with E-state index in [0.29, 0.717) is 11.9 Å². The van der Waals surface area contributed by atoms with Gasteiger partial charge in [-0.05, 0) is 25.9 Å². The Bertz CT molecular complexity index is 331. The Morgan fingerprint density at radius 1 is 1.33 bits per heavy atom. The lowest BCUT2D eigenvalue weighted by atomic mass is 10.0. The summed E-state index contributed by atoms with van der Waals surface area (Å²) in [4.78, 5) is 27.5. The Hall–Kier alpha value is -0.750. The molecule has 1 unspecified atom stereocenters. The van der Waals surface area contributed by atoms with Crippen molar-refractivity contribution < 1.29 is 9.59 Å². The van der Waals surface area contributed by atoms with Crippen LogP contribution in [0.2, 0.25) is 0 Å². The second-order valence-corrected chi connectivity index (χ2v) is 5.93. The third-order valence-electron chi connectivity index (χ3n) is 3.78. The second kappa shape index (κ2) is 5.93. The lowest BCUT2D eigenvalue weighted by molar-refractivity contribution is -0.143. The van der Waals surface area contributed by atoms with Gasteiger partial charge in [-0.1, -0.05) is 0 Å². The van der Waals surface area contributed by atoms with E-state index in [2.05, 4.69) is 5.32 Å². The molecule has 2 heterocycles. The normalized spacial score (nSPS) is 25.2. The van der Waals surface area contributed by atoms with Gasteiger partial charge >= 0.3 is 0 Å². The molecule has 0 saturated carbocycles. The van der Waals surface area contributed by atoms with Crippen LogP contribution in [0.3, 0.4) is 0 Å². The maximum Gasteiger partial charge on any atom is 0.246 e. The maximum atomic E-state index is 12.5. The van der Waals surface area contributed by atoms with Gasteiger partial charge in [0.1, 0.15) is 6.04 Å². The number of likely N-dealkylation sites (N-methyl/N-ethyl adjacent to an activating group) is 1. The van der Waals surface area contributed by atoms with Crippen LogP contribution in [-0.4, -0.2) is 65.5 Å². The van der Waals surface area contributed by atoms with Gasteiger partial charge in [0.2, 0.25) is 11.8 Å². The first-order chi connectivity index (χ1) is 8.61. The predicted octanol–water partition coefficient (Wildman–Crippen LogP) is 0.118. The van der Waals surface area contributed by atoms with Gasteiger partial charge in [0.25, 0.3) is 0 Å². The summed E-state index contributed by atoms with van der Waals surface area (Å²) in [5.41, 5.74) is 0. The molecule has 0 bridgehead atoms. The van der Waals surface area contributed by atoms with Crippen LogP contribution in [0.1, 0.15) is 19.8 Å². The van der Waals surface area contributed by atoms with Crippen LogP contribution in [0.4, 0.5) is 0 Å². The first-order valence-electron chi connectivity index (χ1n) is 6.43. The largest absolute Gasteiger partial charge is 0.341 e. The van der Waals surface area contributed by atoms with Crippen LogP contribution in [0.5, 0.6) is 0 Å². The van der Waals surface area contributed by atoms with E-state index < -0.39 is 0 Å². The molecule has 2 aliphatic heterocycles. The molecule has 0 aromatic rings. The van der Waals surface area contributed by atoms with Crippen LogP contribution in [0, 0.1) is 0 Å². The minimum absolute atomic E-state index is 0.00272. The lowest BCUT2D eigenvalue weighted by Gasteiger charge is -2.34. The molecular formula is C12H21N3O2S. The van der Waals surface area contributed by atoms with E-state index in [0.717, 1.165) is 31.7 Å². The van der Waals surface area contributed by atoms with Crippen molar-refractivity contribution in [2.24, 2.45) is 0 Å². The van der Waals surface area contributed by atoms with E-state index in [1.165, 1.54) is 6.92 Å². The number of amides is 2. The van der Waals surface area contributed by atoms with Crippen molar-refractivity contribution in [1.29, 1.82) is 0 Å². The molecule has 1 N–H and O–H groups in total. The molecule has 2 rings (SSSR count). The van der Waals surface area contributed by atoms with Gasteiger partial charge in [-0.25, -0.2) is 0 Å². The maximum absolute atomic E-state index is 12.5. The minimum Gasteiger partial charge on any atom is -0.341 e. The first-order valence-corrected chi connectivity index (χ1v) is 7.59. The van der Waals surface area contributed by atoms with Crippen molar-refractivity contribution in [2.45, 2.75) is 31.8 Å². The molecule has 2 fully saturated rings. The number of hydrogen-bond acceptors (Lipinski definition) is 4. The third kappa shape index (κ3) is 2.80. The standard InChI is InChI=1S/C12H21N3O2S/c1-9(16)15-8-18-7-11(15)12(17)14(2)10-3-5-13-6-4-10/h10-11,13H,3-8H2,1-2H3. The van der Waals surface area contributed by atoms with E-state index in [1.807, 2.05) is 11.9 Å². The summed E-state index contributed by atoms with van der Waals surface area (Å²) in [6, 6.07) is 0.0607. The number of nitrogens with zero attached hydrogens (tertiary/aromatic N) is 2. The number of hydrogen-bond donors (Lipinski definition) is 1. The summed E-state index contributed by atoms with van der Waals surface area (Å²) in [6.45, 7) is 3.48. The van der Waals surface area contributed by atoms with Gasteiger partial charge in [-0.3, -0.25) is 9.59 Å². The quantitative estimate of drug-likeness (QED) is 0.775. The number of thioether (sulfide) groups is 1. The van der Waals surface area contributed by atoms with E-state index in [4.69, 9.17) is 0 Å². The minimum atomic E-state index is -0.257. The molecule has 6 heteroatoms. The monoisotopic (exact) mass is 271 g/mol. The highest BCUT2D eigenvalue weighted by molar-refractivity contribution is 7.99. The van der Waals surface area contributed by atoms with Crippen molar-refractivity contribution in [2.75, 3.05) is 31.8 Å². The van der Waals surface area contributed by atoms with Crippen LogP contribution >= 0.6 is 11.8 Å². The third-order valence-corrected chi connectivity index (χ3v) is 4.79. The molecule has 0 aromatic carbocycles. The van der Waals surface area contributed by atoms with Crippen molar-refractivity contribution in [3.8, 4) is 0 Å². The fraction of sp³-hybridized carbons (Fsp3) is 0.833. The zero-order valence-corrected chi connectivity index (χ0v) is 11.8. The SMILES string of the molecule is CC(=O)N1CSCC1C(=O)N(C)C1CCNCC1. The number of carbonyl (C=O) groups is 2. The Balaban J connectivity index is 1.99. The highest BCUT2D eigenvalue weighted by Crippen LogP contribution is 2.23. The van der Waals surface area contributed by atoms with Gasteiger partial charge in [-0.2, -0.15) is 0 Å². The smallest absolute Gasteiger partial charge is 0.246 e. The van der Waals surface area contributed by atoms with Crippen LogP contribution in [0.15, 0.2) is 0 Å². The topological polar surface area (TPSA) is 52.7 Å². The van der Waals surface area contributed by atoms with E-state index >= 15 is 0 Å². The highest BCUT2D eigenvalue weighted by Gasteiger charge is 2.36. The Labute approximate surface area is 112 Å². The number of carbonyl (C=O) groups excluding carboxylic acids is 2. The van der Waals surface area contributed by atoms with Crippen molar-refractivity contribution >= 4 is 23.6 Å². The number of piperidine rings is 1. The molecule has 0 spiro atoms. The summed E-state index contributed by atoms with van der Waals surface area (Å²) in [5.74, 6) is 1.47. The van der Waals surface area contributed by atoms with Crippen LogP contribution in [0.25, 0.3) is 0 Å². The number of rotatable bonds is 2. The van der Waals surface area contributed by atoms with Crippen molar-refractivity contribution in [3.05, 3.63) is 0 Å². The summed E-state index contributed by atoms with van der Waals surface area (Å²) in [6.07, 6.45) is 2.00. The number of nitrogens with one attached hydrogen (secondary N) is 1. The summed E-state index contributed by atoms with van der Waals surface area (Å²) >= 11 is 1.66. The lowest BCUT2D eigenvalue weighted by Crippen LogP contribution is -2.52. The fourth-order valence-corrected chi connectivity index (χ4v) is 3.78. The summed E-state index contributed by atoms with van der Waals surface area (Å²) in [7, 11) is 1.87. The van der Waals surface area contributed by atoms with Crippen LogP contribution < -0.4 is 5.32 Å².